The van der Waals surface area contributed by atoms with Crippen LogP contribution in [0.5, 0.6) is 0 Å². The normalized spacial score (nSPS) is 9.78. The third kappa shape index (κ3) is 5.27. The maximum Gasteiger partial charge on any atom is 0.317 e. The van der Waals surface area contributed by atoms with Gasteiger partial charge in [-0.1, -0.05) is 60.7 Å². The molecular weight excluding hydrogens is 240 g/mol. The summed E-state index contributed by atoms with van der Waals surface area (Å²) in [5.41, 5.74) is 2.55. The summed E-state index contributed by atoms with van der Waals surface area (Å²) in [6, 6.07) is 20.8. The Hall–Kier alpha value is -1.42. The van der Waals surface area contributed by atoms with Crippen molar-refractivity contribution < 1.29 is 8.85 Å². The van der Waals surface area contributed by atoms with Crippen molar-refractivity contribution in [3.8, 4) is 11.1 Å². The predicted molar refractivity (Wildman–Crippen MR) is 78.9 cm³/mol. The van der Waals surface area contributed by atoms with Crippen LogP contribution in [0.4, 0.5) is 0 Å². The molecule has 2 rings (SSSR count). The van der Waals surface area contributed by atoms with Crippen molar-refractivity contribution in [1.29, 1.82) is 0 Å². The molecule has 2 aromatic carbocycles. The third-order valence-electron chi connectivity index (χ3n) is 2.54. The second kappa shape index (κ2) is 8.64. The zero-order chi connectivity index (χ0) is 13.2. The summed E-state index contributed by atoms with van der Waals surface area (Å²) in [5, 5.41) is 0. The second-order valence-electron chi connectivity index (χ2n) is 3.77. The van der Waals surface area contributed by atoms with E-state index in [9.17, 15) is 0 Å². The van der Waals surface area contributed by atoms with E-state index in [4.69, 9.17) is 8.85 Å². The van der Waals surface area contributed by atoms with Crippen LogP contribution >= 0.6 is 0 Å². The van der Waals surface area contributed by atoms with Crippen molar-refractivity contribution in [3.05, 3.63) is 60.7 Å². The van der Waals surface area contributed by atoms with Crippen molar-refractivity contribution in [2.75, 3.05) is 14.2 Å². The molecule has 0 aliphatic rings. The average molecular weight is 260 g/mol. The quantitative estimate of drug-likeness (QED) is 0.787. The molecule has 2 aromatic rings. The monoisotopic (exact) mass is 260 g/mol. The molecule has 0 radical (unpaired) electrons. The SMILES string of the molecule is CO[SiH](C)OC.c1ccc(-c2ccccc2)cc1. The van der Waals surface area contributed by atoms with Crippen molar-refractivity contribution >= 4 is 9.28 Å². The minimum Gasteiger partial charge on any atom is -0.400 e. The van der Waals surface area contributed by atoms with Gasteiger partial charge in [0.2, 0.25) is 0 Å². The van der Waals surface area contributed by atoms with E-state index in [1.54, 1.807) is 14.2 Å². The maximum absolute atomic E-state index is 4.82. The first-order valence-corrected chi connectivity index (χ1v) is 8.03. The Kier molecular flexibility index (Phi) is 7.02. The van der Waals surface area contributed by atoms with Gasteiger partial charge in [0.1, 0.15) is 0 Å². The van der Waals surface area contributed by atoms with Gasteiger partial charge >= 0.3 is 9.28 Å². The number of hydrogen-bond acceptors (Lipinski definition) is 2. The zero-order valence-corrected chi connectivity index (χ0v) is 12.3. The molecule has 0 saturated heterocycles. The molecular formula is C15H20O2Si. The minimum atomic E-state index is -1.16. The fourth-order valence-corrected chi connectivity index (χ4v) is 1.55. The Bertz CT molecular complexity index is 376. The number of hydrogen-bond donors (Lipinski definition) is 0. The van der Waals surface area contributed by atoms with Crippen LogP contribution in [0.2, 0.25) is 6.55 Å². The third-order valence-corrected chi connectivity index (χ3v) is 3.87. The lowest BCUT2D eigenvalue weighted by Gasteiger charge is -2.00. The number of benzene rings is 2. The molecule has 3 heteroatoms. The molecule has 0 aliphatic heterocycles. The van der Waals surface area contributed by atoms with Gasteiger partial charge in [0.25, 0.3) is 0 Å². The fourth-order valence-electron chi connectivity index (χ4n) is 1.36. The van der Waals surface area contributed by atoms with Crippen LogP contribution in [0.15, 0.2) is 60.7 Å². The highest BCUT2D eigenvalue weighted by Gasteiger charge is 1.94. The summed E-state index contributed by atoms with van der Waals surface area (Å²) in [6.07, 6.45) is 0. The molecule has 0 saturated carbocycles. The first-order chi connectivity index (χ1) is 8.77. The Balaban J connectivity index is 0.000000232. The highest BCUT2D eigenvalue weighted by atomic mass is 28.3. The molecule has 0 amide bonds. The smallest absolute Gasteiger partial charge is 0.317 e. The van der Waals surface area contributed by atoms with Gasteiger partial charge in [-0.25, -0.2) is 0 Å². The predicted octanol–water partition coefficient (Wildman–Crippen LogP) is 3.48. The highest BCUT2D eigenvalue weighted by molar-refractivity contribution is 6.42. The minimum absolute atomic E-state index is 1.16. The molecule has 0 spiro atoms. The molecule has 2 nitrogen and oxygen atoms in total. The highest BCUT2D eigenvalue weighted by Crippen LogP contribution is 2.17. The van der Waals surface area contributed by atoms with Gasteiger partial charge in [-0.3, -0.25) is 0 Å². The van der Waals surface area contributed by atoms with Crippen LogP contribution in [-0.2, 0) is 8.85 Å². The Morgan fingerprint density at radius 1 is 0.667 bits per heavy atom. The number of rotatable bonds is 3. The molecule has 0 atom stereocenters. The van der Waals surface area contributed by atoms with E-state index in [1.165, 1.54) is 11.1 Å². The summed E-state index contributed by atoms with van der Waals surface area (Å²) in [4.78, 5) is 0. The molecule has 18 heavy (non-hydrogen) atoms. The summed E-state index contributed by atoms with van der Waals surface area (Å²) in [5.74, 6) is 0. The maximum atomic E-state index is 4.82. The van der Waals surface area contributed by atoms with Gasteiger partial charge in [0.05, 0.1) is 0 Å². The second-order valence-corrected chi connectivity index (χ2v) is 5.85. The van der Waals surface area contributed by atoms with E-state index < -0.39 is 9.28 Å². The van der Waals surface area contributed by atoms with Gasteiger partial charge in [-0.15, -0.1) is 0 Å². The molecule has 0 bridgehead atoms. The lowest BCUT2D eigenvalue weighted by molar-refractivity contribution is 0.285. The van der Waals surface area contributed by atoms with Crippen molar-refractivity contribution in [2.45, 2.75) is 6.55 Å². The van der Waals surface area contributed by atoms with Crippen LogP contribution < -0.4 is 0 Å². The standard InChI is InChI=1S/C12H10.C3H10O2Si/c1-3-7-11(8-4-1)12-9-5-2-6-10-12;1-4-6(3)5-2/h1-10H;6H,1-3H3. The van der Waals surface area contributed by atoms with E-state index in [0.717, 1.165) is 0 Å². The lowest BCUT2D eigenvalue weighted by Crippen LogP contribution is -2.12. The Labute approximate surface area is 111 Å². The van der Waals surface area contributed by atoms with Crippen molar-refractivity contribution in [1.82, 2.24) is 0 Å². The molecule has 0 unspecified atom stereocenters. The molecule has 96 valence electrons. The lowest BCUT2D eigenvalue weighted by atomic mass is 10.1. The molecule has 0 aromatic heterocycles. The van der Waals surface area contributed by atoms with Crippen LogP contribution in [0.25, 0.3) is 11.1 Å². The summed E-state index contributed by atoms with van der Waals surface area (Å²) >= 11 is 0. The van der Waals surface area contributed by atoms with Crippen LogP contribution in [0.1, 0.15) is 0 Å². The first-order valence-electron chi connectivity index (χ1n) is 5.94. The van der Waals surface area contributed by atoms with Gasteiger partial charge in [0.15, 0.2) is 0 Å². The van der Waals surface area contributed by atoms with Gasteiger partial charge in [-0.05, 0) is 17.7 Å². The van der Waals surface area contributed by atoms with E-state index >= 15 is 0 Å². The van der Waals surface area contributed by atoms with Crippen LogP contribution in [0.3, 0.4) is 0 Å². The molecule has 0 aliphatic carbocycles. The molecule has 0 fully saturated rings. The summed E-state index contributed by atoms with van der Waals surface area (Å²) in [7, 11) is 2.17. The summed E-state index contributed by atoms with van der Waals surface area (Å²) < 4.78 is 9.63. The topological polar surface area (TPSA) is 18.5 Å². The first kappa shape index (κ1) is 14.6. The zero-order valence-electron chi connectivity index (χ0n) is 11.2. The summed E-state index contributed by atoms with van der Waals surface area (Å²) in [6.45, 7) is 1.97. The van der Waals surface area contributed by atoms with E-state index in [0.29, 0.717) is 0 Å². The van der Waals surface area contributed by atoms with E-state index in [-0.39, 0.29) is 0 Å². The Morgan fingerprint density at radius 2 is 1.00 bits per heavy atom. The van der Waals surface area contributed by atoms with Crippen molar-refractivity contribution in [3.63, 3.8) is 0 Å². The largest absolute Gasteiger partial charge is 0.400 e. The van der Waals surface area contributed by atoms with Gasteiger partial charge in [-0.2, -0.15) is 0 Å². The van der Waals surface area contributed by atoms with Gasteiger partial charge < -0.3 is 8.85 Å². The van der Waals surface area contributed by atoms with E-state index in [1.807, 2.05) is 18.7 Å². The fraction of sp³-hybridized carbons (Fsp3) is 0.200. The van der Waals surface area contributed by atoms with Gasteiger partial charge in [0, 0.05) is 14.2 Å². The van der Waals surface area contributed by atoms with Crippen molar-refractivity contribution in [2.24, 2.45) is 0 Å². The van der Waals surface area contributed by atoms with Crippen LogP contribution in [0, 0.1) is 0 Å². The van der Waals surface area contributed by atoms with Crippen LogP contribution in [-0.4, -0.2) is 23.5 Å². The molecule has 0 heterocycles. The van der Waals surface area contributed by atoms with E-state index in [2.05, 4.69) is 48.5 Å². The Morgan fingerprint density at radius 3 is 1.22 bits per heavy atom. The molecule has 0 N–H and O–H groups in total. The average Bonchev–Trinajstić information content (AvgIpc) is 2.49.